The lowest BCUT2D eigenvalue weighted by molar-refractivity contribution is 0.112. The average Bonchev–Trinajstić information content (AvgIpc) is 2.96. The summed E-state index contributed by atoms with van der Waals surface area (Å²) >= 11 is 0. The van der Waals surface area contributed by atoms with E-state index in [9.17, 15) is 4.79 Å². The van der Waals surface area contributed by atoms with Crippen molar-refractivity contribution >= 4 is 11.9 Å². The third kappa shape index (κ3) is 1.49. The Morgan fingerprint density at radius 2 is 2.44 bits per heavy atom. The Kier molecular flexibility index (Phi) is 2.18. The SMILES string of the molecule is O=Cc1ccc2nc(C3CCNC3)nn2c1. The van der Waals surface area contributed by atoms with E-state index in [0.717, 1.165) is 37.3 Å². The van der Waals surface area contributed by atoms with Gasteiger partial charge in [-0.25, -0.2) is 9.50 Å². The Bertz CT molecular complexity index is 528. The van der Waals surface area contributed by atoms with Crippen LogP contribution in [0.4, 0.5) is 0 Å². The van der Waals surface area contributed by atoms with Crippen LogP contribution in [0.15, 0.2) is 18.3 Å². The fourth-order valence-electron chi connectivity index (χ4n) is 2.03. The van der Waals surface area contributed by atoms with Gasteiger partial charge in [0.15, 0.2) is 17.8 Å². The van der Waals surface area contributed by atoms with Crippen LogP contribution < -0.4 is 5.32 Å². The topological polar surface area (TPSA) is 59.3 Å². The van der Waals surface area contributed by atoms with Crippen molar-refractivity contribution in [2.24, 2.45) is 0 Å². The Labute approximate surface area is 92.5 Å². The molecule has 0 bridgehead atoms. The molecule has 16 heavy (non-hydrogen) atoms. The molecule has 82 valence electrons. The van der Waals surface area contributed by atoms with Crippen molar-refractivity contribution in [2.45, 2.75) is 12.3 Å². The summed E-state index contributed by atoms with van der Waals surface area (Å²) in [5, 5.41) is 7.70. The largest absolute Gasteiger partial charge is 0.316 e. The van der Waals surface area contributed by atoms with Gasteiger partial charge in [-0.05, 0) is 25.1 Å². The number of hydrogen-bond donors (Lipinski definition) is 1. The first-order valence-electron chi connectivity index (χ1n) is 5.39. The summed E-state index contributed by atoms with van der Waals surface area (Å²) in [5.41, 5.74) is 1.42. The molecule has 5 nitrogen and oxygen atoms in total. The number of fused-ring (bicyclic) bond motifs is 1. The van der Waals surface area contributed by atoms with Gasteiger partial charge in [0.2, 0.25) is 0 Å². The Morgan fingerprint density at radius 1 is 1.50 bits per heavy atom. The molecule has 0 saturated carbocycles. The number of hydrogen-bond acceptors (Lipinski definition) is 4. The number of pyridine rings is 1. The third-order valence-electron chi connectivity index (χ3n) is 2.93. The van der Waals surface area contributed by atoms with E-state index < -0.39 is 0 Å². The first kappa shape index (κ1) is 9.47. The van der Waals surface area contributed by atoms with Crippen molar-refractivity contribution in [2.75, 3.05) is 13.1 Å². The molecule has 1 fully saturated rings. The fourth-order valence-corrected chi connectivity index (χ4v) is 2.03. The molecule has 1 unspecified atom stereocenters. The summed E-state index contributed by atoms with van der Waals surface area (Å²) in [4.78, 5) is 15.1. The molecule has 1 atom stereocenters. The minimum Gasteiger partial charge on any atom is -0.316 e. The van der Waals surface area contributed by atoms with Crippen molar-refractivity contribution < 1.29 is 4.79 Å². The van der Waals surface area contributed by atoms with Gasteiger partial charge in [-0.1, -0.05) is 0 Å². The van der Waals surface area contributed by atoms with Crippen molar-refractivity contribution in [3.8, 4) is 0 Å². The summed E-state index contributed by atoms with van der Waals surface area (Å²) in [7, 11) is 0. The Hall–Kier alpha value is -1.75. The predicted octanol–water partition coefficient (Wildman–Crippen LogP) is 0.619. The van der Waals surface area contributed by atoms with E-state index >= 15 is 0 Å². The lowest BCUT2D eigenvalue weighted by atomic mass is 10.1. The van der Waals surface area contributed by atoms with Crippen molar-refractivity contribution in [1.29, 1.82) is 0 Å². The zero-order valence-corrected chi connectivity index (χ0v) is 8.76. The highest BCUT2D eigenvalue weighted by atomic mass is 16.1. The first-order valence-corrected chi connectivity index (χ1v) is 5.39. The van der Waals surface area contributed by atoms with E-state index in [-0.39, 0.29) is 0 Å². The minimum absolute atomic E-state index is 0.402. The van der Waals surface area contributed by atoms with E-state index in [4.69, 9.17) is 0 Å². The van der Waals surface area contributed by atoms with Crippen LogP contribution in [0.2, 0.25) is 0 Å². The molecule has 0 aromatic carbocycles. The maximum atomic E-state index is 10.6. The molecular formula is C11H12N4O. The van der Waals surface area contributed by atoms with E-state index in [2.05, 4.69) is 15.4 Å². The molecule has 0 amide bonds. The molecule has 1 saturated heterocycles. The summed E-state index contributed by atoms with van der Waals surface area (Å²) < 4.78 is 1.68. The second-order valence-corrected chi connectivity index (χ2v) is 4.04. The highest BCUT2D eigenvalue weighted by molar-refractivity contribution is 5.74. The summed E-state index contributed by atoms with van der Waals surface area (Å²) in [6, 6.07) is 3.58. The van der Waals surface area contributed by atoms with Gasteiger partial charge < -0.3 is 5.32 Å². The van der Waals surface area contributed by atoms with Crippen molar-refractivity contribution in [3.05, 3.63) is 29.7 Å². The number of carbonyl (C=O) groups is 1. The van der Waals surface area contributed by atoms with Crippen LogP contribution in [0.1, 0.15) is 28.5 Å². The maximum Gasteiger partial charge on any atom is 0.156 e. The molecule has 3 heterocycles. The number of aromatic nitrogens is 3. The van der Waals surface area contributed by atoms with Crippen LogP contribution in [0.25, 0.3) is 5.65 Å². The Balaban J connectivity index is 2.04. The van der Waals surface area contributed by atoms with E-state index in [1.807, 2.05) is 6.07 Å². The molecule has 2 aromatic heterocycles. The highest BCUT2D eigenvalue weighted by Gasteiger charge is 2.20. The summed E-state index contributed by atoms with van der Waals surface area (Å²) in [6.07, 6.45) is 3.61. The number of aldehydes is 1. The number of nitrogens with zero attached hydrogens (tertiary/aromatic N) is 3. The van der Waals surface area contributed by atoms with Crippen LogP contribution in [-0.4, -0.2) is 34.0 Å². The summed E-state index contributed by atoms with van der Waals surface area (Å²) in [6.45, 7) is 1.97. The zero-order valence-electron chi connectivity index (χ0n) is 8.76. The van der Waals surface area contributed by atoms with Gasteiger partial charge in [0.05, 0.1) is 0 Å². The van der Waals surface area contributed by atoms with Crippen LogP contribution in [-0.2, 0) is 0 Å². The second kappa shape index (κ2) is 3.68. The molecule has 1 aliphatic heterocycles. The highest BCUT2D eigenvalue weighted by Crippen LogP contribution is 2.19. The van der Waals surface area contributed by atoms with Crippen molar-refractivity contribution in [1.82, 2.24) is 19.9 Å². The van der Waals surface area contributed by atoms with Gasteiger partial charge in [-0.15, -0.1) is 0 Å². The van der Waals surface area contributed by atoms with Crippen LogP contribution in [0.5, 0.6) is 0 Å². The van der Waals surface area contributed by atoms with E-state index in [1.54, 1.807) is 16.8 Å². The quantitative estimate of drug-likeness (QED) is 0.747. The van der Waals surface area contributed by atoms with Crippen molar-refractivity contribution in [3.63, 3.8) is 0 Å². The van der Waals surface area contributed by atoms with Crippen LogP contribution in [0.3, 0.4) is 0 Å². The molecule has 0 radical (unpaired) electrons. The lowest BCUT2D eigenvalue weighted by Gasteiger charge is -1.99. The maximum absolute atomic E-state index is 10.6. The fraction of sp³-hybridized carbons (Fsp3) is 0.364. The second-order valence-electron chi connectivity index (χ2n) is 4.04. The molecule has 5 heteroatoms. The normalized spacial score (nSPS) is 20.4. The number of carbonyl (C=O) groups excluding carboxylic acids is 1. The number of rotatable bonds is 2. The standard InChI is InChI=1S/C11H12N4O/c16-7-8-1-2-10-13-11(14-15(10)6-8)9-3-4-12-5-9/h1-2,6-7,9,12H,3-5H2. The monoisotopic (exact) mass is 216 g/mol. The van der Waals surface area contributed by atoms with E-state index in [0.29, 0.717) is 11.5 Å². The minimum atomic E-state index is 0.402. The van der Waals surface area contributed by atoms with Gasteiger partial charge in [0.25, 0.3) is 0 Å². The van der Waals surface area contributed by atoms with Gasteiger partial charge in [0, 0.05) is 24.2 Å². The molecule has 1 aliphatic rings. The third-order valence-corrected chi connectivity index (χ3v) is 2.93. The molecular weight excluding hydrogens is 204 g/mol. The average molecular weight is 216 g/mol. The molecule has 1 N–H and O–H groups in total. The smallest absolute Gasteiger partial charge is 0.156 e. The molecule has 3 rings (SSSR count). The zero-order chi connectivity index (χ0) is 11.0. The molecule has 0 spiro atoms. The van der Waals surface area contributed by atoms with Gasteiger partial charge in [0.1, 0.15) is 0 Å². The van der Waals surface area contributed by atoms with Crippen LogP contribution in [0, 0.1) is 0 Å². The predicted molar refractivity (Wildman–Crippen MR) is 58.6 cm³/mol. The van der Waals surface area contributed by atoms with Gasteiger partial charge in [-0.3, -0.25) is 4.79 Å². The van der Waals surface area contributed by atoms with Gasteiger partial charge >= 0.3 is 0 Å². The van der Waals surface area contributed by atoms with Crippen LogP contribution >= 0.6 is 0 Å². The first-order chi connectivity index (χ1) is 7.86. The lowest BCUT2D eigenvalue weighted by Crippen LogP contribution is -2.08. The number of nitrogens with one attached hydrogen (secondary N) is 1. The molecule has 2 aromatic rings. The van der Waals surface area contributed by atoms with E-state index in [1.165, 1.54) is 0 Å². The van der Waals surface area contributed by atoms with Gasteiger partial charge in [-0.2, -0.15) is 5.10 Å². The molecule has 0 aliphatic carbocycles. The summed E-state index contributed by atoms with van der Waals surface area (Å²) in [5.74, 6) is 1.27. The Morgan fingerprint density at radius 3 is 3.19 bits per heavy atom.